The quantitative estimate of drug-likeness (QED) is 0.660. The zero-order valence-electron chi connectivity index (χ0n) is 8.84. The number of nitrogens with one attached hydrogen (secondary N) is 1. The highest BCUT2D eigenvalue weighted by Gasteiger charge is 2.12. The van der Waals surface area contributed by atoms with Gasteiger partial charge < -0.3 is 10.2 Å². The van der Waals surface area contributed by atoms with E-state index in [4.69, 9.17) is 10.2 Å². The van der Waals surface area contributed by atoms with E-state index in [0.717, 1.165) is 11.1 Å². The average Bonchev–Trinajstić information content (AvgIpc) is 2.87. The Morgan fingerprint density at radius 3 is 3.00 bits per heavy atom. The van der Waals surface area contributed by atoms with Gasteiger partial charge in [-0.25, -0.2) is 9.97 Å². The molecule has 0 radical (unpaired) electrons. The molecule has 3 N–H and O–H groups in total. The van der Waals surface area contributed by atoms with E-state index in [0.29, 0.717) is 15.9 Å². The van der Waals surface area contributed by atoms with Gasteiger partial charge in [-0.15, -0.1) is 0 Å². The third-order valence-electron chi connectivity index (χ3n) is 2.07. The van der Waals surface area contributed by atoms with Crippen LogP contribution in [0.15, 0.2) is 27.1 Å². The lowest BCUT2D eigenvalue weighted by atomic mass is 10.4. The number of hydrogen-bond donors (Lipinski definition) is 2. The summed E-state index contributed by atoms with van der Waals surface area (Å²) < 4.78 is 5.25. The lowest BCUT2D eigenvalue weighted by Crippen LogP contribution is -1.96. The van der Waals surface area contributed by atoms with Crippen molar-refractivity contribution in [2.24, 2.45) is 0 Å². The molecule has 17 heavy (non-hydrogen) atoms. The standard InChI is InChI=1S/C9H8N6OS/c1-4-3-16-9(12-4)17-7-5-2-11-15-6(5)13-8(10)14-7/h2-3H,1H3,(H3,10,11,13,14,15). The van der Waals surface area contributed by atoms with Gasteiger partial charge in [-0.05, 0) is 18.7 Å². The number of aromatic nitrogens is 5. The van der Waals surface area contributed by atoms with Crippen molar-refractivity contribution in [3.05, 3.63) is 18.2 Å². The molecular formula is C9H8N6OS. The molecule has 0 aromatic carbocycles. The number of H-pyrrole nitrogens is 1. The first-order chi connectivity index (χ1) is 8.22. The predicted octanol–water partition coefficient (Wildman–Crippen LogP) is 1.38. The Balaban J connectivity index is 2.07. The molecule has 0 saturated heterocycles. The van der Waals surface area contributed by atoms with Crippen molar-refractivity contribution in [1.29, 1.82) is 0 Å². The minimum absolute atomic E-state index is 0.188. The first-order valence-electron chi connectivity index (χ1n) is 4.79. The number of fused-ring (bicyclic) bond motifs is 1. The molecule has 0 bridgehead atoms. The van der Waals surface area contributed by atoms with Crippen molar-refractivity contribution < 1.29 is 4.42 Å². The Kier molecular flexibility index (Phi) is 2.22. The van der Waals surface area contributed by atoms with Gasteiger partial charge >= 0.3 is 0 Å². The summed E-state index contributed by atoms with van der Waals surface area (Å²) in [7, 11) is 0. The van der Waals surface area contributed by atoms with Gasteiger partial charge in [0.15, 0.2) is 5.65 Å². The van der Waals surface area contributed by atoms with Crippen molar-refractivity contribution in [2.75, 3.05) is 5.73 Å². The molecule has 0 unspecified atom stereocenters. The monoisotopic (exact) mass is 248 g/mol. The lowest BCUT2D eigenvalue weighted by Gasteiger charge is -1.99. The Morgan fingerprint density at radius 2 is 2.24 bits per heavy atom. The van der Waals surface area contributed by atoms with E-state index < -0.39 is 0 Å². The summed E-state index contributed by atoms with van der Waals surface area (Å²) in [5.74, 6) is 0.188. The van der Waals surface area contributed by atoms with Crippen LogP contribution >= 0.6 is 11.8 Å². The van der Waals surface area contributed by atoms with E-state index in [2.05, 4.69) is 25.1 Å². The molecule has 3 heterocycles. The molecule has 86 valence electrons. The number of nitrogen functional groups attached to an aromatic ring is 1. The van der Waals surface area contributed by atoms with Crippen LogP contribution in [-0.2, 0) is 0 Å². The van der Waals surface area contributed by atoms with Crippen molar-refractivity contribution in [3.8, 4) is 0 Å². The average molecular weight is 248 g/mol. The molecule has 0 aliphatic heterocycles. The van der Waals surface area contributed by atoms with Gasteiger partial charge in [0.25, 0.3) is 5.22 Å². The SMILES string of the molecule is Cc1coc(Sc2nc(N)nc3[nH]ncc23)n1. The molecule has 0 saturated carbocycles. The van der Waals surface area contributed by atoms with Gasteiger partial charge in [0, 0.05) is 0 Å². The van der Waals surface area contributed by atoms with Gasteiger partial charge in [0.05, 0.1) is 17.3 Å². The maximum atomic E-state index is 5.61. The molecule has 3 rings (SSSR count). The second kappa shape index (κ2) is 3.74. The van der Waals surface area contributed by atoms with Crippen LogP contribution in [0.2, 0.25) is 0 Å². The summed E-state index contributed by atoms with van der Waals surface area (Å²) in [6.45, 7) is 1.86. The van der Waals surface area contributed by atoms with Crippen LogP contribution in [0.25, 0.3) is 11.0 Å². The molecule has 3 aromatic heterocycles. The van der Waals surface area contributed by atoms with Gasteiger partial charge in [-0.1, -0.05) is 0 Å². The summed E-state index contributed by atoms with van der Waals surface area (Å²) in [6.07, 6.45) is 3.23. The first-order valence-corrected chi connectivity index (χ1v) is 5.60. The summed E-state index contributed by atoms with van der Waals surface area (Å²) in [5, 5.41) is 8.63. The summed E-state index contributed by atoms with van der Waals surface area (Å²) in [6, 6.07) is 0. The molecule has 8 heteroatoms. The van der Waals surface area contributed by atoms with Crippen molar-refractivity contribution >= 4 is 28.7 Å². The maximum Gasteiger partial charge on any atom is 0.262 e. The van der Waals surface area contributed by atoms with Crippen LogP contribution in [0.1, 0.15) is 5.69 Å². The highest BCUT2D eigenvalue weighted by molar-refractivity contribution is 7.99. The van der Waals surface area contributed by atoms with Gasteiger partial charge in [0.1, 0.15) is 11.3 Å². The minimum Gasteiger partial charge on any atom is -0.439 e. The van der Waals surface area contributed by atoms with E-state index in [1.165, 1.54) is 11.8 Å². The topological polar surface area (TPSA) is 107 Å². The largest absolute Gasteiger partial charge is 0.439 e. The highest BCUT2D eigenvalue weighted by Crippen LogP contribution is 2.30. The number of rotatable bonds is 2. The lowest BCUT2D eigenvalue weighted by molar-refractivity contribution is 0.454. The number of hydrogen-bond acceptors (Lipinski definition) is 7. The van der Waals surface area contributed by atoms with E-state index >= 15 is 0 Å². The third-order valence-corrected chi connectivity index (χ3v) is 2.94. The zero-order chi connectivity index (χ0) is 11.8. The fraction of sp³-hybridized carbons (Fsp3) is 0.111. The minimum atomic E-state index is 0.188. The summed E-state index contributed by atoms with van der Waals surface area (Å²) in [5.41, 5.74) is 7.03. The van der Waals surface area contributed by atoms with Crippen molar-refractivity contribution in [2.45, 2.75) is 17.2 Å². The van der Waals surface area contributed by atoms with Crippen LogP contribution < -0.4 is 5.73 Å². The molecule has 0 fully saturated rings. The summed E-state index contributed by atoms with van der Waals surface area (Å²) in [4.78, 5) is 12.4. The van der Waals surface area contributed by atoms with E-state index in [1.807, 2.05) is 6.92 Å². The van der Waals surface area contributed by atoms with Crippen molar-refractivity contribution in [1.82, 2.24) is 25.1 Å². The van der Waals surface area contributed by atoms with Crippen LogP contribution in [0.3, 0.4) is 0 Å². The Bertz CT molecular complexity index is 675. The Labute approximate surface area is 99.8 Å². The van der Waals surface area contributed by atoms with Gasteiger partial charge in [-0.2, -0.15) is 10.1 Å². The summed E-state index contributed by atoms with van der Waals surface area (Å²) >= 11 is 1.29. The zero-order valence-corrected chi connectivity index (χ0v) is 9.65. The van der Waals surface area contributed by atoms with Crippen LogP contribution in [-0.4, -0.2) is 25.1 Å². The molecule has 0 spiro atoms. The van der Waals surface area contributed by atoms with E-state index in [9.17, 15) is 0 Å². The maximum absolute atomic E-state index is 5.61. The predicted molar refractivity (Wildman–Crippen MR) is 61.5 cm³/mol. The third kappa shape index (κ3) is 1.82. The number of aryl methyl sites for hydroxylation is 1. The normalized spacial score (nSPS) is 11.1. The van der Waals surface area contributed by atoms with Crippen LogP contribution in [0.5, 0.6) is 0 Å². The molecule has 7 nitrogen and oxygen atoms in total. The highest BCUT2D eigenvalue weighted by atomic mass is 32.2. The van der Waals surface area contributed by atoms with Crippen LogP contribution in [0, 0.1) is 6.92 Å². The van der Waals surface area contributed by atoms with Gasteiger partial charge in [-0.3, -0.25) is 5.10 Å². The first kappa shape index (κ1) is 10.1. The number of oxazole rings is 1. The molecule has 0 amide bonds. The molecule has 0 atom stereocenters. The van der Waals surface area contributed by atoms with Crippen LogP contribution in [0.4, 0.5) is 5.95 Å². The molecule has 0 aliphatic rings. The fourth-order valence-electron chi connectivity index (χ4n) is 1.36. The molecular weight excluding hydrogens is 240 g/mol. The fourth-order valence-corrected chi connectivity index (χ4v) is 2.21. The van der Waals surface area contributed by atoms with Gasteiger partial charge in [0.2, 0.25) is 5.95 Å². The smallest absolute Gasteiger partial charge is 0.262 e. The Hall–Kier alpha value is -2.09. The number of anilines is 1. The van der Waals surface area contributed by atoms with Crippen molar-refractivity contribution in [3.63, 3.8) is 0 Å². The molecule has 3 aromatic rings. The number of nitrogens with zero attached hydrogens (tertiary/aromatic N) is 4. The van der Waals surface area contributed by atoms with E-state index in [-0.39, 0.29) is 5.95 Å². The number of aromatic amines is 1. The molecule has 0 aliphatic carbocycles. The second-order valence-electron chi connectivity index (χ2n) is 3.38. The number of nitrogens with two attached hydrogens (primary N) is 1. The second-order valence-corrected chi connectivity index (χ2v) is 4.32. The van der Waals surface area contributed by atoms with E-state index in [1.54, 1.807) is 12.5 Å². The Morgan fingerprint density at radius 1 is 1.35 bits per heavy atom.